The summed E-state index contributed by atoms with van der Waals surface area (Å²) in [4.78, 5) is 2.41. The summed E-state index contributed by atoms with van der Waals surface area (Å²) in [5.74, 6) is 0. The number of anilines is 3. The van der Waals surface area contributed by atoms with Crippen molar-refractivity contribution in [2.24, 2.45) is 0 Å². The van der Waals surface area contributed by atoms with Gasteiger partial charge in [0.2, 0.25) is 0 Å². The minimum absolute atomic E-state index is 1.09. The van der Waals surface area contributed by atoms with Crippen molar-refractivity contribution >= 4 is 60.2 Å². The summed E-state index contributed by atoms with van der Waals surface area (Å²) in [5.41, 5.74) is 15.4. The smallest absolute Gasteiger partial charge is 0.0540 e. The van der Waals surface area contributed by atoms with Crippen molar-refractivity contribution in [1.29, 1.82) is 0 Å². The molecule has 304 valence electrons. The molecule has 0 fully saturated rings. The van der Waals surface area contributed by atoms with Gasteiger partial charge in [0, 0.05) is 16.8 Å². The van der Waals surface area contributed by atoms with Crippen molar-refractivity contribution in [3.63, 3.8) is 0 Å². The number of hydrogen-bond acceptors (Lipinski definition) is 1. The minimum atomic E-state index is 1.09. The number of benzene rings is 12. The molecule has 0 saturated carbocycles. The highest BCUT2D eigenvalue weighted by atomic mass is 15.1. The second-order valence-electron chi connectivity index (χ2n) is 16.8. The molecule has 0 N–H and O–H groups in total. The molecule has 12 rings (SSSR count). The van der Waals surface area contributed by atoms with Gasteiger partial charge in [-0.05, 0) is 136 Å². The molecule has 0 spiro atoms. The van der Waals surface area contributed by atoms with Gasteiger partial charge in [-0.25, -0.2) is 0 Å². The van der Waals surface area contributed by atoms with E-state index in [4.69, 9.17) is 0 Å². The van der Waals surface area contributed by atoms with Gasteiger partial charge in [0.05, 0.1) is 5.69 Å². The number of rotatable bonds is 8. The molecular weight excluding hydrogens is 783 g/mol. The second-order valence-corrected chi connectivity index (χ2v) is 16.8. The Kier molecular flexibility index (Phi) is 9.58. The van der Waals surface area contributed by atoms with Crippen LogP contribution in [-0.2, 0) is 0 Å². The van der Waals surface area contributed by atoms with Gasteiger partial charge >= 0.3 is 0 Å². The molecule has 0 amide bonds. The fraction of sp³-hybridized carbons (Fsp3) is 0. The zero-order valence-corrected chi connectivity index (χ0v) is 35.8. The van der Waals surface area contributed by atoms with E-state index in [1.807, 2.05) is 0 Å². The number of nitrogens with zero attached hydrogens (tertiary/aromatic N) is 1. The number of hydrogen-bond donors (Lipinski definition) is 0. The molecule has 0 atom stereocenters. The summed E-state index contributed by atoms with van der Waals surface area (Å²) >= 11 is 0. The average molecular weight is 826 g/mol. The van der Waals surface area contributed by atoms with Crippen LogP contribution in [0.4, 0.5) is 17.1 Å². The van der Waals surface area contributed by atoms with Crippen LogP contribution in [0.2, 0.25) is 0 Å². The van der Waals surface area contributed by atoms with Gasteiger partial charge in [-0.2, -0.15) is 0 Å². The third-order valence-corrected chi connectivity index (χ3v) is 13.0. The molecule has 0 aromatic heterocycles. The average Bonchev–Trinajstić information content (AvgIpc) is 3.39. The predicted molar refractivity (Wildman–Crippen MR) is 278 cm³/mol. The van der Waals surface area contributed by atoms with Crippen LogP contribution in [-0.4, -0.2) is 0 Å². The number of fused-ring (bicyclic) bond motifs is 5. The molecule has 12 aromatic carbocycles. The summed E-state index contributed by atoms with van der Waals surface area (Å²) in [6, 6.07) is 95.2. The highest BCUT2D eigenvalue weighted by molar-refractivity contribution is 6.22. The Hall–Kier alpha value is -8.52. The zero-order valence-electron chi connectivity index (χ0n) is 35.8. The van der Waals surface area contributed by atoms with Crippen molar-refractivity contribution in [3.05, 3.63) is 261 Å². The van der Waals surface area contributed by atoms with Crippen LogP contribution in [0.15, 0.2) is 261 Å². The fourth-order valence-electron chi connectivity index (χ4n) is 9.93. The van der Waals surface area contributed by atoms with E-state index < -0.39 is 0 Å². The molecule has 65 heavy (non-hydrogen) atoms. The first kappa shape index (κ1) is 38.2. The topological polar surface area (TPSA) is 3.24 Å². The van der Waals surface area contributed by atoms with Crippen LogP contribution < -0.4 is 4.90 Å². The molecule has 0 bridgehead atoms. The lowest BCUT2D eigenvalue weighted by Crippen LogP contribution is -2.10. The van der Waals surface area contributed by atoms with Crippen molar-refractivity contribution in [2.45, 2.75) is 0 Å². The van der Waals surface area contributed by atoms with Crippen molar-refractivity contribution in [1.82, 2.24) is 0 Å². The van der Waals surface area contributed by atoms with Gasteiger partial charge < -0.3 is 4.90 Å². The third-order valence-electron chi connectivity index (χ3n) is 13.0. The van der Waals surface area contributed by atoms with Crippen LogP contribution in [0.3, 0.4) is 0 Å². The van der Waals surface area contributed by atoms with Crippen LogP contribution in [0.1, 0.15) is 0 Å². The normalized spacial score (nSPS) is 11.4. The standard InChI is InChI=1S/C64H43N/c1-4-17-47(18-5-1)55-40-41-62(59-26-14-12-24-56(55)59)65(53-35-30-45(31-36-53)51-29-28-44-16-10-11-23-50(44)42-51)54-37-32-46(33-38-54)52-34-39-58-57-25-13-15-27-60(57)63(48-19-6-2-7-20-48)64(61(58)43-52)49-21-8-3-9-22-49/h1-43H. The Morgan fingerprint density at radius 2 is 0.662 bits per heavy atom. The largest absolute Gasteiger partial charge is 0.310 e. The van der Waals surface area contributed by atoms with Crippen LogP contribution in [0, 0.1) is 0 Å². The van der Waals surface area contributed by atoms with Gasteiger partial charge in [-0.3, -0.25) is 0 Å². The van der Waals surface area contributed by atoms with Gasteiger partial charge in [-0.15, -0.1) is 0 Å². The van der Waals surface area contributed by atoms with E-state index in [0.717, 1.165) is 17.1 Å². The van der Waals surface area contributed by atoms with E-state index in [-0.39, 0.29) is 0 Å². The van der Waals surface area contributed by atoms with Gasteiger partial charge in [0.25, 0.3) is 0 Å². The van der Waals surface area contributed by atoms with E-state index in [0.29, 0.717) is 0 Å². The molecule has 0 radical (unpaired) electrons. The molecule has 0 unspecified atom stereocenters. The Bertz CT molecular complexity index is 3670. The van der Waals surface area contributed by atoms with Crippen LogP contribution in [0.25, 0.3) is 98.7 Å². The maximum absolute atomic E-state index is 2.41. The Morgan fingerprint density at radius 3 is 1.29 bits per heavy atom. The molecular formula is C64H43N. The first-order valence-corrected chi connectivity index (χ1v) is 22.4. The van der Waals surface area contributed by atoms with Crippen molar-refractivity contribution in [2.75, 3.05) is 4.90 Å². The second kappa shape index (κ2) is 16.3. The SMILES string of the molecule is c1ccc(-c2ccc(N(c3ccc(-c4ccc5ccccc5c4)cc3)c3ccc(-c4ccc5c(c4)c(-c4ccccc4)c(-c4ccccc4)c4ccccc45)cc3)c3ccccc23)cc1. The lowest BCUT2D eigenvalue weighted by molar-refractivity contribution is 1.30. The molecule has 12 aromatic rings. The van der Waals surface area contributed by atoms with E-state index >= 15 is 0 Å². The first-order valence-electron chi connectivity index (χ1n) is 22.4. The molecule has 0 aliphatic carbocycles. The Balaban J connectivity index is 1.01. The highest BCUT2D eigenvalue weighted by Gasteiger charge is 2.20. The van der Waals surface area contributed by atoms with E-state index in [2.05, 4.69) is 266 Å². The molecule has 0 saturated heterocycles. The van der Waals surface area contributed by atoms with Gasteiger partial charge in [0.15, 0.2) is 0 Å². The maximum atomic E-state index is 2.41. The molecule has 0 aliphatic rings. The zero-order chi connectivity index (χ0) is 43.1. The van der Waals surface area contributed by atoms with E-state index in [1.165, 1.54) is 98.7 Å². The molecule has 1 nitrogen and oxygen atoms in total. The molecule has 0 aliphatic heterocycles. The Morgan fingerprint density at radius 1 is 0.215 bits per heavy atom. The summed E-state index contributed by atoms with van der Waals surface area (Å²) in [7, 11) is 0. The van der Waals surface area contributed by atoms with Crippen molar-refractivity contribution < 1.29 is 0 Å². The third kappa shape index (κ3) is 6.92. The monoisotopic (exact) mass is 825 g/mol. The van der Waals surface area contributed by atoms with E-state index in [1.54, 1.807) is 0 Å². The quantitative estimate of drug-likeness (QED) is 0.138. The lowest BCUT2D eigenvalue weighted by atomic mass is 9.84. The Labute approximate surface area is 379 Å². The summed E-state index contributed by atoms with van der Waals surface area (Å²) in [6.07, 6.45) is 0. The van der Waals surface area contributed by atoms with Gasteiger partial charge in [0.1, 0.15) is 0 Å². The molecule has 0 heterocycles. The minimum Gasteiger partial charge on any atom is -0.310 e. The van der Waals surface area contributed by atoms with Crippen molar-refractivity contribution in [3.8, 4) is 55.6 Å². The van der Waals surface area contributed by atoms with Crippen LogP contribution in [0.5, 0.6) is 0 Å². The highest BCUT2D eigenvalue weighted by Crippen LogP contribution is 2.47. The summed E-state index contributed by atoms with van der Waals surface area (Å²) in [5, 5.41) is 9.93. The predicted octanol–water partition coefficient (Wildman–Crippen LogP) is 18.1. The lowest BCUT2D eigenvalue weighted by Gasteiger charge is -2.28. The van der Waals surface area contributed by atoms with E-state index in [9.17, 15) is 0 Å². The van der Waals surface area contributed by atoms with Gasteiger partial charge in [-0.1, -0.05) is 218 Å². The first-order chi connectivity index (χ1) is 32.2. The summed E-state index contributed by atoms with van der Waals surface area (Å²) < 4.78 is 0. The van der Waals surface area contributed by atoms with Crippen LogP contribution >= 0.6 is 0 Å². The molecule has 1 heteroatoms. The summed E-state index contributed by atoms with van der Waals surface area (Å²) in [6.45, 7) is 0. The maximum Gasteiger partial charge on any atom is 0.0540 e. The fourth-order valence-corrected chi connectivity index (χ4v) is 9.93.